The summed E-state index contributed by atoms with van der Waals surface area (Å²) in [7, 11) is 1.62. The van der Waals surface area contributed by atoms with Gasteiger partial charge in [0.2, 0.25) is 5.91 Å². The van der Waals surface area contributed by atoms with Gasteiger partial charge in [0.15, 0.2) is 0 Å². The van der Waals surface area contributed by atoms with Crippen molar-refractivity contribution in [2.24, 2.45) is 5.41 Å². The van der Waals surface area contributed by atoms with Crippen LogP contribution in [0.5, 0.6) is 0 Å². The van der Waals surface area contributed by atoms with Gasteiger partial charge in [-0.1, -0.05) is 0 Å². The SMILES string of the molecule is COC1(C)CCCN(C(=O)C(C)(C)C(=O)O)C1. The molecule has 1 aliphatic heterocycles. The molecule has 1 aliphatic rings. The zero-order chi connectivity index (χ0) is 13.3. The lowest BCUT2D eigenvalue weighted by atomic mass is 9.88. The summed E-state index contributed by atoms with van der Waals surface area (Å²) in [5, 5.41) is 9.05. The Kier molecular flexibility index (Phi) is 3.81. The van der Waals surface area contributed by atoms with Crippen molar-refractivity contribution < 1.29 is 19.4 Å². The molecule has 0 spiro atoms. The Morgan fingerprint density at radius 3 is 2.47 bits per heavy atom. The maximum atomic E-state index is 12.2. The van der Waals surface area contributed by atoms with Gasteiger partial charge in [0.1, 0.15) is 5.41 Å². The number of likely N-dealkylation sites (tertiary alicyclic amines) is 1. The van der Waals surface area contributed by atoms with Crippen LogP contribution in [-0.2, 0) is 14.3 Å². The molecule has 1 saturated heterocycles. The first kappa shape index (κ1) is 14.0. The number of methoxy groups -OCH3 is 1. The molecule has 5 heteroatoms. The highest BCUT2D eigenvalue weighted by atomic mass is 16.5. The summed E-state index contributed by atoms with van der Waals surface area (Å²) in [6.07, 6.45) is 1.73. The van der Waals surface area contributed by atoms with Crippen molar-refractivity contribution in [3.63, 3.8) is 0 Å². The molecule has 1 fully saturated rings. The van der Waals surface area contributed by atoms with E-state index in [1.165, 1.54) is 13.8 Å². The Balaban J connectivity index is 2.80. The molecule has 1 unspecified atom stereocenters. The molecule has 98 valence electrons. The van der Waals surface area contributed by atoms with Crippen LogP contribution < -0.4 is 0 Å². The minimum Gasteiger partial charge on any atom is -0.480 e. The van der Waals surface area contributed by atoms with Gasteiger partial charge in [-0.05, 0) is 33.6 Å². The first-order valence-corrected chi connectivity index (χ1v) is 5.81. The number of amides is 1. The molecular formula is C12H21NO4. The molecule has 0 aromatic carbocycles. The van der Waals surface area contributed by atoms with Gasteiger partial charge in [-0.15, -0.1) is 0 Å². The zero-order valence-electron chi connectivity index (χ0n) is 10.9. The first-order valence-electron chi connectivity index (χ1n) is 5.81. The van der Waals surface area contributed by atoms with Crippen molar-refractivity contribution in [2.75, 3.05) is 20.2 Å². The van der Waals surface area contributed by atoms with Crippen molar-refractivity contribution in [2.45, 2.75) is 39.2 Å². The van der Waals surface area contributed by atoms with E-state index in [0.717, 1.165) is 12.8 Å². The van der Waals surface area contributed by atoms with E-state index in [9.17, 15) is 9.59 Å². The second-order valence-corrected chi connectivity index (χ2v) is 5.41. The predicted molar refractivity (Wildman–Crippen MR) is 62.6 cm³/mol. The largest absolute Gasteiger partial charge is 0.480 e. The molecule has 1 atom stereocenters. The lowest BCUT2D eigenvalue weighted by molar-refractivity contribution is -0.162. The van der Waals surface area contributed by atoms with Gasteiger partial charge < -0.3 is 14.7 Å². The summed E-state index contributed by atoms with van der Waals surface area (Å²) in [6, 6.07) is 0. The summed E-state index contributed by atoms with van der Waals surface area (Å²) in [5.74, 6) is -1.43. The third-order valence-electron chi connectivity index (χ3n) is 3.51. The highest BCUT2D eigenvalue weighted by molar-refractivity contribution is 6.01. The van der Waals surface area contributed by atoms with Crippen LogP contribution in [0.15, 0.2) is 0 Å². The molecule has 5 nitrogen and oxygen atoms in total. The van der Waals surface area contributed by atoms with Crippen LogP contribution in [0.25, 0.3) is 0 Å². The van der Waals surface area contributed by atoms with Gasteiger partial charge in [-0.3, -0.25) is 9.59 Å². The fraction of sp³-hybridized carbons (Fsp3) is 0.833. The normalized spacial score (nSPS) is 25.8. The number of piperidine rings is 1. The fourth-order valence-electron chi connectivity index (χ4n) is 2.03. The molecule has 1 heterocycles. The quantitative estimate of drug-likeness (QED) is 0.754. The third kappa shape index (κ3) is 2.77. The third-order valence-corrected chi connectivity index (χ3v) is 3.51. The number of carbonyl (C=O) groups excluding carboxylic acids is 1. The van der Waals surface area contributed by atoms with E-state index in [0.29, 0.717) is 13.1 Å². The average Bonchev–Trinajstić information content (AvgIpc) is 2.28. The van der Waals surface area contributed by atoms with Gasteiger partial charge in [-0.2, -0.15) is 0 Å². The molecule has 17 heavy (non-hydrogen) atoms. The first-order chi connectivity index (χ1) is 7.73. The molecular weight excluding hydrogens is 222 g/mol. The summed E-state index contributed by atoms with van der Waals surface area (Å²) in [4.78, 5) is 24.8. The van der Waals surface area contributed by atoms with E-state index in [2.05, 4.69) is 0 Å². The summed E-state index contributed by atoms with van der Waals surface area (Å²) >= 11 is 0. The second-order valence-electron chi connectivity index (χ2n) is 5.41. The number of hydrogen-bond acceptors (Lipinski definition) is 3. The van der Waals surface area contributed by atoms with Crippen LogP contribution in [0.4, 0.5) is 0 Å². The Bertz CT molecular complexity index is 326. The number of aliphatic carboxylic acids is 1. The van der Waals surface area contributed by atoms with Gasteiger partial charge in [0.05, 0.1) is 5.60 Å². The van der Waals surface area contributed by atoms with Crippen molar-refractivity contribution >= 4 is 11.9 Å². The number of ether oxygens (including phenoxy) is 1. The van der Waals surface area contributed by atoms with Crippen molar-refractivity contribution in [1.29, 1.82) is 0 Å². The highest BCUT2D eigenvalue weighted by Gasteiger charge is 2.42. The maximum Gasteiger partial charge on any atom is 0.318 e. The van der Waals surface area contributed by atoms with E-state index >= 15 is 0 Å². The fourth-order valence-corrected chi connectivity index (χ4v) is 2.03. The number of carboxylic acids is 1. The highest BCUT2D eigenvalue weighted by Crippen LogP contribution is 2.28. The molecule has 1 N–H and O–H groups in total. The maximum absolute atomic E-state index is 12.2. The summed E-state index contributed by atoms with van der Waals surface area (Å²) < 4.78 is 5.39. The monoisotopic (exact) mass is 243 g/mol. The van der Waals surface area contributed by atoms with E-state index < -0.39 is 11.4 Å². The van der Waals surface area contributed by atoms with Gasteiger partial charge >= 0.3 is 5.97 Å². The number of carbonyl (C=O) groups is 2. The van der Waals surface area contributed by atoms with Crippen LogP contribution in [0, 0.1) is 5.41 Å². The number of carboxylic acid groups (broad SMARTS) is 1. The van der Waals surface area contributed by atoms with Crippen molar-refractivity contribution in [3.8, 4) is 0 Å². The number of rotatable bonds is 3. The van der Waals surface area contributed by atoms with Gasteiger partial charge in [-0.25, -0.2) is 0 Å². The Morgan fingerprint density at radius 1 is 1.41 bits per heavy atom. The lowest BCUT2D eigenvalue weighted by Gasteiger charge is -2.41. The van der Waals surface area contributed by atoms with Crippen molar-refractivity contribution in [1.82, 2.24) is 4.90 Å². The van der Waals surface area contributed by atoms with Crippen molar-refractivity contribution in [3.05, 3.63) is 0 Å². The van der Waals surface area contributed by atoms with Gasteiger partial charge in [0, 0.05) is 20.2 Å². The molecule has 1 amide bonds. The molecule has 0 bridgehead atoms. The van der Waals surface area contributed by atoms with E-state index in [1.807, 2.05) is 6.92 Å². The zero-order valence-corrected chi connectivity index (χ0v) is 10.9. The summed E-state index contributed by atoms with van der Waals surface area (Å²) in [5.41, 5.74) is -1.73. The van der Waals surface area contributed by atoms with Crippen LogP contribution in [0.1, 0.15) is 33.6 Å². The Labute approximate surface area is 102 Å². The molecule has 0 aromatic heterocycles. The second kappa shape index (κ2) is 4.64. The number of nitrogens with zero attached hydrogens (tertiary/aromatic N) is 1. The van der Waals surface area contributed by atoms with Crippen LogP contribution >= 0.6 is 0 Å². The van der Waals surface area contributed by atoms with E-state index in [-0.39, 0.29) is 11.5 Å². The molecule has 0 aliphatic carbocycles. The van der Waals surface area contributed by atoms with E-state index in [4.69, 9.17) is 9.84 Å². The topological polar surface area (TPSA) is 66.8 Å². The average molecular weight is 243 g/mol. The smallest absolute Gasteiger partial charge is 0.318 e. The predicted octanol–water partition coefficient (Wildman–Crippen LogP) is 1.12. The molecule has 0 radical (unpaired) electrons. The summed E-state index contributed by atoms with van der Waals surface area (Å²) in [6.45, 7) is 5.89. The van der Waals surface area contributed by atoms with Crippen LogP contribution in [0.2, 0.25) is 0 Å². The minimum absolute atomic E-state index is 0.340. The van der Waals surface area contributed by atoms with E-state index in [1.54, 1.807) is 12.0 Å². The van der Waals surface area contributed by atoms with Crippen LogP contribution in [-0.4, -0.2) is 47.7 Å². The Morgan fingerprint density at radius 2 is 2.00 bits per heavy atom. The Hall–Kier alpha value is -1.10. The molecule has 1 rings (SSSR count). The molecule has 0 aromatic rings. The lowest BCUT2D eigenvalue weighted by Crippen LogP contribution is -2.54. The van der Waals surface area contributed by atoms with Gasteiger partial charge in [0.25, 0.3) is 0 Å². The van der Waals surface area contributed by atoms with Crippen LogP contribution in [0.3, 0.4) is 0 Å². The molecule has 0 saturated carbocycles. The number of hydrogen-bond donors (Lipinski definition) is 1. The standard InChI is InChI=1S/C12H21NO4/c1-11(2,10(15)16)9(14)13-7-5-6-12(3,8-13)17-4/h5-8H2,1-4H3,(H,15,16). The minimum atomic E-state index is -1.37.